The maximum Gasteiger partial charge on any atom is 0.263 e. The van der Waals surface area contributed by atoms with Crippen LogP contribution in [0.5, 0.6) is 0 Å². The Kier molecular flexibility index (Phi) is 5.84. The van der Waals surface area contributed by atoms with Gasteiger partial charge in [0.25, 0.3) is 15.9 Å². The molecule has 0 unspecified atom stereocenters. The van der Waals surface area contributed by atoms with E-state index in [0.29, 0.717) is 31.6 Å². The summed E-state index contributed by atoms with van der Waals surface area (Å²) in [5.41, 5.74) is 1.48. The molecule has 2 heterocycles. The van der Waals surface area contributed by atoms with Crippen LogP contribution in [0.2, 0.25) is 0 Å². The molecule has 2 aromatic rings. The smallest absolute Gasteiger partial charge is 0.263 e. The van der Waals surface area contributed by atoms with Crippen LogP contribution in [0.4, 0.5) is 5.69 Å². The second kappa shape index (κ2) is 8.39. The number of benzene rings is 1. The summed E-state index contributed by atoms with van der Waals surface area (Å²) in [5, 5.41) is 4.56. The van der Waals surface area contributed by atoms with Crippen LogP contribution in [0.1, 0.15) is 40.9 Å². The number of rotatable bonds is 6. The van der Waals surface area contributed by atoms with E-state index >= 15 is 0 Å². The molecule has 0 bridgehead atoms. The number of amides is 2. The molecule has 2 fully saturated rings. The molecule has 9 heteroatoms. The number of sulfonamides is 1. The Morgan fingerprint density at radius 1 is 1.03 bits per heavy atom. The second-order valence-corrected chi connectivity index (χ2v) is 10.5. The number of hydrogen-bond acceptors (Lipinski definition) is 5. The van der Waals surface area contributed by atoms with Gasteiger partial charge in [-0.2, -0.15) is 0 Å². The van der Waals surface area contributed by atoms with Crippen molar-refractivity contribution in [3.05, 3.63) is 46.2 Å². The quantitative estimate of drug-likeness (QED) is 0.712. The van der Waals surface area contributed by atoms with Gasteiger partial charge in [-0.05, 0) is 56.2 Å². The molecule has 7 nitrogen and oxygen atoms in total. The van der Waals surface area contributed by atoms with Crippen molar-refractivity contribution < 1.29 is 18.0 Å². The molecule has 0 radical (unpaired) electrons. The summed E-state index contributed by atoms with van der Waals surface area (Å²) in [6.07, 6.45) is 3.34. The van der Waals surface area contributed by atoms with Crippen LogP contribution in [-0.4, -0.2) is 44.3 Å². The molecule has 1 aromatic heterocycles. The predicted molar refractivity (Wildman–Crippen MR) is 116 cm³/mol. The molecule has 160 valence electrons. The molecule has 1 saturated heterocycles. The number of piperidine rings is 1. The summed E-state index contributed by atoms with van der Waals surface area (Å²) in [5.74, 6) is 0.0471. The number of nitrogens with zero attached hydrogens (tertiary/aromatic N) is 1. The first kappa shape index (κ1) is 20.9. The third-order valence-corrected chi connectivity index (χ3v) is 7.96. The maximum atomic E-state index is 12.8. The minimum absolute atomic E-state index is 0.0214. The molecule has 2 N–H and O–H groups in total. The first-order valence-corrected chi connectivity index (χ1v) is 12.5. The van der Waals surface area contributed by atoms with Crippen LogP contribution in [0.25, 0.3) is 0 Å². The van der Waals surface area contributed by atoms with Gasteiger partial charge in [0.1, 0.15) is 9.77 Å². The molecule has 4 rings (SSSR count). The highest BCUT2D eigenvalue weighted by molar-refractivity contribution is 7.93. The molecule has 0 atom stereocenters. The molecular weight excluding hydrogens is 422 g/mol. The molecule has 1 saturated carbocycles. The maximum absolute atomic E-state index is 12.8. The molecule has 30 heavy (non-hydrogen) atoms. The Labute approximate surface area is 180 Å². The van der Waals surface area contributed by atoms with Gasteiger partial charge in [-0.25, -0.2) is 8.42 Å². The van der Waals surface area contributed by atoms with Gasteiger partial charge in [0.2, 0.25) is 5.91 Å². The largest absolute Gasteiger partial charge is 0.348 e. The Balaban J connectivity index is 1.39. The normalized spacial score (nSPS) is 17.6. The van der Waals surface area contributed by atoms with Crippen molar-refractivity contribution in [2.75, 3.05) is 17.8 Å². The van der Waals surface area contributed by atoms with Gasteiger partial charge in [-0.15, -0.1) is 11.3 Å². The van der Waals surface area contributed by atoms with E-state index in [4.69, 9.17) is 0 Å². The summed E-state index contributed by atoms with van der Waals surface area (Å²) in [6.45, 7) is 3.18. The lowest BCUT2D eigenvalue weighted by Crippen LogP contribution is -2.47. The van der Waals surface area contributed by atoms with Gasteiger partial charge in [0.15, 0.2) is 0 Å². The van der Waals surface area contributed by atoms with Gasteiger partial charge in [0.05, 0.1) is 0 Å². The van der Waals surface area contributed by atoms with Crippen molar-refractivity contribution in [2.45, 2.75) is 43.5 Å². The van der Waals surface area contributed by atoms with Crippen molar-refractivity contribution in [2.24, 2.45) is 5.92 Å². The fraction of sp³-hybridized carbons (Fsp3) is 0.429. The average Bonchev–Trinajstić information content (AvgIpc) is 3.44. The minimum Gasteiger partial charge on any atom is -0.348 e. The number of carbonyl (C=O) groups is 2. The van der Waals surface area contributed by atoms with Crippen molar-refractivity contribution in [3.8, 4) is 0 Å². The number of carbonyl (C=O) groups excluding carboxylic acids is 2. The first-order chi connectivity index (χ1) is 14.3. The highest BCUT2D eigenvalue weighted by atomic mass is 32.2. The summed E-state index contributed by atoms with van der Waals surface area (Å²) < 4.78 is 28.2. The summed E-state index contributed by atoms with van der Waals surface area (Å²) in [6, 6.07) is 8.40. The average molecular weight is 448 g/mol. The zero-order valence-electron chi connectivity index (χ0n) is 16.8. The van der Waals surface area contributed by atoms with Crippen molar-refractivity contribution in [1.29, 1.82) is 0 Å². The lowest BCUT2D eigenvalue weighted by Gasteiger charge is -2.32. The monoisotopic (exact) mass is 447 g/mol. The van der Waals surface area contributed by atoms with E-state index in [1.807, 2.05) is 24.0 Å². The molecule has 1 aliphatic carbocycles. The number of nitrogens with one attached hydrogen (secondary N) is 2. The third kappa shape index (κ3) is 4.67. The summed E-state index contributed by atoms with van der Waals surface area (Å²) in [4.78, 5) is 27.0. The molecule has 2 amide bonds. The van der Waals surface area contributed by atoms with Gasteiger partial charge < -0.3 is 10.2 Å². The van der Waals surface area contributed by atoms with E-state index in [1.165, 1.54) is 6.07 Å². The third-order valence-electron chi connectivity index (χ3n) is 5.50. The Bertz CT molecular complexity index is 1030. The number of hydrogen-bond donors (Lipinski definition) is 2. The van der Waals surface area contributed by atoms with Crippen LogP contribution in [0, 0.1) is 12.8 Å². The molecule has 1 aromatic carbocycles. The van der Waals surface area contributed by atoms with E-state index in [-0.39, 0.29) is 33.5 Å². The number of likely N-dealkylation sites (tertiary alicyclic amines) is 1. The standard InChI is InChI=1S/C21H25N3O4S2/c1-14-2-6-17(7-3-14)23-30(27,28)18-10-13-29-19(18)20(25)22-16-8-11-24(12-9-16)21(26)15-4-5-15/h2-3,6-7,10,13,15-16,23H,4-5,8-9,11-12H2,1H3,(H,22,25). The van der Waals surface area contributed by atoms with E-state index in [1.54, 1.807) is 17.5 Å². The molecular formula is C21H25N3O4S2. The zero-order chi connectivity index (χ0) is 21.3. The van der Waals surface area contributed by atoms with E-state index < -0.39 is 10.0 Å². The Hall–Kier alpha value is -2.39. The molecule has 0 spiro atoms. The zero-order valence-corrected chi connectivity index (χ0v) is 18.4. The number of anilines is 1. The second-order valence-electron chi connectivity index (χ2n) is 7.93. The van der Waals surface area contributed by atoms with Crippen LogP contribution >= 0.6 is 11.3 Å². The van der Waals surface area contributed by atoms with E-state index in [2.05, 4.69) is 10.0 Å². The Morgan fingerprint density at radius 3 is 2.33 bits per heavy atom. The number of thiophene rings is 1. The number of aryl methyl sites for hydroxylation is 1. The highest BCUT2D eigenvalue weighted by Crippen LogP contribution is 2.32. The van der Waals surface area contributed by atoms with Crippen LogP contribution < -0.4 is 10.0 Å². The minimum atomic E-state index is -3.88. The van der Waals surface area contributed by atoms with E-state index in [9.17, 15) is 18.0 Å². The van der Waals surface area contributed by atoms with Crippen LogP contribution in [0.15, 0.2) is 40.6 Å². The fourth-order valence-electron chi connectivity index (χ4n) is 3.59. The highest BCUT2D eigenvalue weighted by Gasteiger charge is 2.35. The van der Waals surface area contributed by atoms with Gasteiger partial charge in [0, 0.05) is 30.7 Å². The SMILES string of the molecule is Cc1ccc(NS(=O)(=O)c2ccsc2C(=O)NC2CCN(C(=O)C3CC3)CC2)cc1. The fourth-order valence-corrected chi connectivity index (χ4v) is 5.98. The van der Waals surface area contributed by atoms with Crippen molar-refractivity contribution in [1.82, 2.24) is 10.2 Å². The predicted octanol–water partition coefficient (Wildman–Crippen LogP) is 2.99. The Morgan fingerprint density at radius 2 is 1.70 bits per heavy atom. The molecule has 1 aliphatic heterocycles. The van der Waals surface area contributed by atoms with Gasteiger partial charge in [-0.1, -0.05) is 17.7 Å². The molecule has 2 aliphatic rings. The van der Waals surface area contributed by atoms with Gasteiger partial charge >= 0.3 is 0 Å². The van der Waals surface area contributed by atoms with Crippen molar-refractivity contribution >= 4 is 38.9 Å². The van der Waals surface area contributed by atoms with Crippen LogP contribution in [0.3, 0.4) is 0 Å². The topological polar surface area (TPSA) is 95.6 Å². The lowest BCUT2D eigenvalue weighted by molar-refractivity contribution is -0.133. The summed E-state index contributed by atoms with van der Waals surface area (Å²) >= 11 is 1.11. The summed E-state index contributed by atoms with van der Waals surface area (Å²) in [7, 11) is -3.88. The van der Waals surface area contributed by atoms with Gasteiger partial charge in [-0.3, -0.25) is 14.3 Å². The first-order valence-electron chi connectivity index (χ1n) is 10.1. The van der Waals surface area contributed by atoms with Crippen LogP contribution in [-0.2, 0) is 14.8 Å². The van der Waals surface area contributed by atoms with E-state index in [0.717, 1.165) is 29.7 Å². The van der Waals surface area contributed by atoms with Crippen molar-refractivity contribution in [3.63, 3.8) is 0 Å². The lowest BCUT2D eigenvalue weighted by atomic mass is 10.0.